The molecular formula is C25H26FN7O. The number of hydrogen-bond acceptors (Lipinski definition) is 4. The van der Waals surface area contributed by atoms with Crippen LogP contribution >= 0.6 is 0 Å². The van der Waals surface area contributed by atoms with Crippen molar-refractivity contribution < 1.29 is 9.18 Å². The molecule has 1 atom stereocenters. The second-order valence-electron chi connectivity index (χ2n) is 8.41. The van der Waals surface area contributed by atoms with Crippen LogP contribution in [0.1, 0.15) is 13.8 Å². The number of rotatable bonds is 3. The van der Waals surface area contributed by atoms with Crippen molar-refractivity contribution >= 4 is 34.3 Å². The first-order chi connectivity index (χ1) is 16.5. The van der Waals surface area contributed by atoms with E-state index in [-0.39, 0.29) is 18.0 Å². The van der Waals surface area contributed by atoms with E-state index >= 15 is 0 Å². The van der Waals surface area contributed by atoms with Crippen LogP contribution in [-0.2, 0) is 0 Å². The van der Waals surface area contributed by atoms with E-state index in [9.17, 15) is 14.4 Å². The minimum absolute atomic E-state index is 0.0836. The predicted octanol–water partition coefficient (Wildman–Crippen LogP) is 4.31. The van der Waals surface area contributed by atoms with Crippen LogP contribution in [0, 0.1) is 23.2 Å². The summed E-state index contributed by atoms with van der Waals surface area (Å²) in [4.78, 5) is 25.8. The summed E-state index contributed by atoms with van der Waals surface area (Å²) in [7, 11) is 0. The molecule has 2 aromatic carbocycles. The summed E-state index contributed by atoms with van der Waals surface area (Å²) in [5.74, 6) is 0.196. The molecule has 9 heteroatoms. The van der Waals surface area contributed by atoms with Crippen LogP contribution in [0.4, 0.5) is 20.6 Å². The third kappa shape index (κ3) is 5.07. The molecule has 0 saturated carbocycles. The van der Waals surface area contributed by atoms with Gasteiger partial charge in [0.05, 0.1) is 17.2 Å². The highest BCUT2D eigenvalue weighted by atomic mass is 19.1. The molecule has 0 aliphatic carbocycles. The number of aromatic nitrogens is 1. The van der Waals surface area contributed by atoms with Crippen molar-refractivity contribution in [2.45, 2.75) is 19.9 Å². The fourth-order valence-corrected chi connectivity index (χ4v) is 4.11. The summed E-state index contributed by atoms with van der Waals surface area (Å²) in [6, 6.07) is 14.9. The average molecular weight is 460 g/mol. The number of carbonyl (C=O) groups is 1. The average Bonchev–Trinajstić information content (AvgIpc) is 2.83. The van der Waals surface area contributed by atoms with E-state index in [0.717, 1.165) is 10.9 Å². The first-order valence-electron chi connectivity index (χ1n) is 11.1. The lowest BCUT2D eigenvalue weighted by Gasteiger charge is -2.44. The van der Waals surface area contributed by atoms with Gasteiger partial charge in [-0.25, -0.2) is 14.2 Å². The Morgan fingerprint density at radius 1 is 1.21 bits per heavy atom. The van der Waals surface area contributed by atoms with Crippen molar-refractivity contribution in [1.29, 1.82) is 5.26 Å². The van der Waals surface area contributed by atoms with Gasteiger partial charge in [0.1, 0.15) is 5.82 Å². The van der Waals surface area contributed by atoms with Crippen LogP contribution in [-0.4, -0.2) is 52.5 Å². The molecule has 174 valence electrons. The molecule has 0 bridgehead atoms. The standard InChI is InChI=1S/C25H26FN7O/c1-17(2)23-15-32(25(34)30-19-7-3-6-18(26)14-19)12-13-33(23)24(29-16-27)31-22-10-4-9-21-20(22)8-5-11-28-21/h3-11,14,17,23H,12-13,15H2,1-2H3,(H,29,31)(H,30,34)/t23-/m1/s1. The number of benzene rings is 2. The summed E-state index contributed by atoms with van der Waals surface area (Å²) in [6.07, 6.45) is 3.73. The number of fused-ring (bicyclic) bond motifs is 1. The van der Waals surface area contributed by atoms with Gasteiger partial charge in [0.15, 0.2) is 6.19 Å². The van der Waals surface area contributed by atoms with E-state index in [1.165, 1.54) is 12.1 Å². The quantitative estimate of drug-likeness (QED) is 0.263. The minimum atomic E-state index is -0.408. The van der Waals surface area contributed by atoms with Crippen molar-refractivity contribution in [3.8, 4) is 6.19 Å². The van der Waals surface area contributed by atoms with Crippen LogP contribution in [0.5, 0.6) is 0 Å². The Morgan fingerprint density at radius 3 is 2.79 bits per heavy atom. The molecule has 4 rings (SSSR count). The smallest absolute Gasteiger partial charge is 0.321 e. The van der Waals surface area contributed by atoms with E-state index in [1.807, 2.05) is 41.4 Å². The fraction of sp³-hybridized carbons (Fsp3) is 0.280. The number of anilines is 1. The van der Waals surface area contributed by atoms with Crippen molar-refractivity contribution in [3.63, 3.8) is 0 Å². The lowest BCUT2D eigenvalue weighted by atomic mass is 10.00. The van der Waals surface area contributed by atoms with Gasteiger partial charge in [0.25, 0.3) is 0 Å². The lowest BCUT2D eigenvalue weighted by molar-refractivity contribution is 0.118. The summed E-state index contributed by atoms with van der Waals surface area (Å²) >= 11 is 0. The Bertz CT molecular complexity index is 1250. The van der Waals surface area contributed by atoms with E-state index in [2.05, 4.69) is 29.5 Å². The number of piperazine rings is 1. The number of nitrogens with zero attached hydrogens (tertiary/aromatic N) is 5. The molecule has 0 unspecified atom stereocenters. The van der Waals surface area contributed by atoms with Gasteiger partial charge in [-0.15, -0.1) is 0 Å². The SMILES string of the molecule is CC(C)[C@H]1CN(C(=O)Nc2cccc(F)c2)CCN1C(=Nc1cccc2ncccc12)NC#N. The highest BCUT2D eigenvalue weighted by Gasteiger charge is 2.33. The van der Waals surface area contributed by atoms with Crippen LogP contribution in [0.2, 0.25) is 0 Å². The first-order valence-corrected chi connectivity index (χ1v) is 11.1. The van der Waals surface area contributed by atoms with Gasteiger partial charge in [-0.2, -0.15) is 5.26 Å². The zero-order chi connectivity index (χ0) is 24.1. The van der Waals surface area contributed by atoms with Gasteiger partial charge >= 0.3 is 6.03 Å². The van der Waals surface area contributed by atoms with E-state index in [0.29, 0.717) is 37.0 Å². The molecule has 0 radical (unpaired) electrons. The van der Waals surface area contributed by atoms with Crippen LogP contribution in [0.25, 0.3) is 10.9 Å². The minimum Gasteiger partial charge on any atom is -0.335 e. The van der Waals surface area contributed by atoms with Gasteiger partial charge in [-0.1, -0.05) is 26.0 Å². The summed E-state index contributed by atoms with van der Waals surface area (Å²) in [5, 5.41) is 15.8. The summed E-state index contributed by atoms with van der Waals surface area (Å²) < 4.78 is 13.5. The molecule has 1 aromatic heterocycles. The van der Waals surface area contributed by atoms with Crippen LogP contribution < -0.4 is 10.6 Å². The van der Waals surface area contributed by atoms with Crippen LogP contribution in [0.3, 0.4) is 0 Å². The van der Waals surface area contributed by atoms with Gasteiger partial charge in [-0.3, -0.25) is 10.3 Å². The fourth-order valence-electron chi connectivity index (χ4n) is 4.11. The van der Waals surface area contributed by atoms with Crippen molar-refractivity contribution in [1.82, 2.24) is 20.1 Å². The molecule has 34 heavy (non-hydrogen) atoms. The molecule has 0 spiro atoms. The molecule has 2 heterocycles. The van der Waals surface area contributed by atoms with Gasteiger partial charge < -0.3 is 15.1 Å². The zero-order valence-electron chi connectivity index (χ0n) is 19.1. The highest BCUT2D eigenvalue weighted by Crippen LogP contribution is 2.26. The van der Waals surface area contributed by atoms with E-state index < -0.39 is 5.82 Å². The second kappa shape index (κ2) is 10.2. The number of amides is 2. The van der Waals surface area contributed by atoms with Gasteiger partial charge in [-0.05, 0) is 48.4 Å². The molecule has 1 fully saturated rings. The number of aliphatic imine (C=N–C) groups is 1. The number of nitrogens with one attached hydrogen (secondary N) is 2. The maximum atomic E-state index is 13.5. The van der Waals surface area contributed by atoms with E-state index in [4.69, 9.17) is 4.99 Å². The lowest BCUT2D eigenvalue weighted by Crippen LogP contribution is -2.60. The Kier molecular flexibility index (Phi) is 6.87. The number of guanidine groups is 1. The van der Waals surface area contributed by atoms with Crippen molar-refractivity contribution in [3.05, 3.63) is 66.6 Å². The van der Waals surface area contributed by atoms with Crippen molar-refractivity contribution in [2.75, 3.05) is 25.0 Å². The largest absolute Gasteiger partial charge is 0.335 e. The van der Waals surface area contributed by atoms with Gasteiger partial charge in [0, 0.05) is 36.9 Å². The molecule has 1 aliphatic rings. The molecule has 8 nitrogen and oxygen atoms in total. The topological polar surface area (TPSA) is 96.7 Å². The second-order valence-corrected chi connectivity index (χ2v) is 8.41. The molecule has 1 aliphatic heterocycles. The molecule has 2 amide bonds. The Balaban J connectivity index is 1.58. The monoisotopic (exact) mass is 459 g/mol. The predicted molar refractivity (Wildman–Crippen MR) is 130 cm³/mol. The Hall–Kier alpha value is -4.19. The first kappa shape index (κ1) is 23.0. The third-order valence-corrected chi connectivity index (χ3v) is 5.84. The maximum Gasteiger partial charge on any atom is 0.321 e. The number of nitriles is 1. The highest BCUT2D eigenvalue weighted by molar-refractivity contribution is 5.94. The van der Waals surface area contributed by atoms with Crippen molar-refractivity contribution in [2.24, 2.45) is 10.9 Å². The number of pyridine rings is 1. The summed E-state index contributed by atoms with van der Waals surface area (Å²) in [5.41, 5.74) is 1.93. The number of urea groups is 1. The molecule has 3 aromatic rings. The number of halogens is 1. The van der Waals surface area contributed by atoms with Gasteiger partial charge in [0.2, 0.25) is 5.96 Å². The normalized spacial score (nSPS) is 16.4. The molecular weight excluding hydrogens is 433 g/mol. The Morgan fingerprint density at radius 2 is 2.03 bits per heavy atom. The Labute approximate surface area is 197 Å². The van der Waals surface area contributed by atoms with E-state index in [1.54, 1.807) is 23.2 Å². The molecule has 2 N–H and O–H groups in total. The zero-order valence-corrected chi connectivity index (χ0v) is 19.1. The number of carbonyl (C=O) groups excluding carboxylic acids is 1. The maximum absolute atomic E-state index is 13.5. The van der Waals surface area contributed by atoms with Crippen LogP contribution in [0.15, 0.2) is 65.8 Å². The number of hydrogen-bond donors (Lipinski definition) is 2. The summed E-state index contributed by atoms with van der Waals surface area (Å²) in [6.45, 7) is 5.47. The third-order valence-electron chi connectivity index (χ3n) is 5.84. The molecule has 1 saturated heterocycles.